The number of carbonyl (C=O) groups is 1. The average molecular weight is 427 g/mol. The van der Waals surface area contributed by atoms with Gasteiger partial charge in [0.05, 0.1) is 17.3 Å². The molecule has 156 valence electrons. The molecule has 1 aliphatic heterocycles. The number of ether oxygens (including phenoxy) is 1. The van der Waals surface area contributed by atoms with Crippen LogP contribution in [-0.4, -0.2) is 42.3 Å². The minimum Gasteiger partial charge on any atom is -0.492 e. The third-order valence-corrected chi connectivity index (χ3v) is 5.92. The largest absolute Gasteiger partial charge is 0.492 e. The average Bonchev–Trinajstić information content (AvgIpc) is 3.33. The molecule has 1 atom stereocenters. The van der Waals surface area contributed by atoms with E-state index < -0.39 is 0 Å². The Morgan fingerprint density at radius 2 is 2.07 bits per heavy atom. The van der Waals surface area contributed by atoms with Gasteiger partial charge in [0, 0.05) is 13.1 Å². The predicted molar refractivity (Wildman–Crippen MR) is 115 cm³/mol. The lowest BCUT2D eigenvalue weighted by Crippen LogP contribution is -2.44. The number of halogens is 1. The van der Waals surface area contributed by atoms with Crippen LogP contribution in [0.2, 0.25) is 0 Å². The van der Waals surface area contributed by atoms with Crippen LogP contribution in [0.1, 0.15) is 12.8 Å². The highest BCUT2D eigenvalue weighted by atomic mass is 32.1. The van der Waals surface area contributed by atoms with Crippen LogP contribution in [-0.2, 0) is 4.79 Å². The van der Waals surface area contributed by atoms with E-state index in [0.29, 0.717) is 25.4 Å². The molecule has 0 spiro atoms. The minimum atomic E-state index is -0.302. The number of anilines is 1. The number of piperidine rings is 1. The van der Waals surface area contributed by atoms with Gasteiger partial charge < -0.3 is 15.0 Å². The molecule has 8 heteroatoms. The van der Waals surface area contributed by atoms with Gasteiger partial charge in [-0.15, -0.1) is 21.5 Å². The minimum absolute atomic E-state index is 0.0190. The molecule has 2 aromatic heterocycles. The van der Waals surface area contributed by atoms with Crippen molar-refractivity contribution in [2.24, 2.45) is 5.92 Å². The molecule has 4 rings (SSSR count). The van der Waals surface area contributed by atoms with Gasteiger partial charge in [-0.1, -0.05) is 6.07 Å². The van der Waals surface area contributed by atoms with Gasteiger partial charge in [-0.3, -0.25) is 4.79 Å². The van der Waals surface area contributed by atoms with Crippen molar-refractivity contribution in [1.82, 2.24) is 15.5 Å². The van der Waals surface area contributed by atoms with E-state index >= 15 is 0 Å². The molecule has 1 aromatic carbocycles. The summed E-state index contributed by atoms with van der Waals surface area (Å²) in [6.07, 6.45) is 1.78. The molecular weight excluding hydrogens is 403 g/mol. The third-order valence-electron chi connectivity index (χ3n) is 5.02. The number of rotatable bonds is 7. The van der Waals surface area contributed by atoms with E-state index in [2.05, 4.69) is 20.4 Å². The second-order valence-corrected chi connectivity index (χ2v) is 8.08. The fourth-order valence-electron chi connectivity index (χ4n) is 3.47. The monoisotopic (exact) mass is 426 g/mol. The van der Waals surface area contributed by atoms with Crippen molar-refractivity contribution in [3.05, 3.63) is 59.7 Å². The van der Waals surface area contributed by atoms with Crippen LogP contribution < -0.4 is 15.0 Å². The Bertz CT molecular complexity index is 948. The summed E-state index contributed by atoms with van der Waals surface area (Å²) in [6.45, 7) is 2.23. The molecule has 1 N–H and O–H groups in total. The number of nitrogens with one attached hydrogen (secondary N) is 1. The standard InChI is InChI=1S/C22H23FN4O2S/c23-17-5-7-18(8-6-17)29-13-11-24-22(28)16-3-1-12-27(15-16)21-10-9-19(25-26-21)20-4-2-14-30-20/h2,4-10,14,16H,1,3,11-13,15H2,(H,24,28). The molecular formula is C22H23FN4O2S. The first-order valence-electron chi connectivity index (χ1n) is 9.98. The van der Waals surface area contributed by atoms with Crippen LogP contribution in [0.3, 0.4) is 0 Å². The first-order valence-corrected chi connectivity index (χ1v) is 10.9. The lowest BCUT2D eigenvalue weighted by molar-refractivity contribution is -0.125. The predicted octanol–water partition coefficient (Wildman–Crippen LogP) is 3.76. The molecule has 1 unspecified atom stereocenters. The zero-order chi connectivity index (χ0) is 20.8. The van der Waals surface area contributed by atoms with Crippen LogP contribution in [0.4, 0.5) is 10.2 Å². The highest BCUT2D eigenvalue weighted by Crippen LogP contribution is 2.25. The summed E-state index contributed by atoms with van der Waals surface area (Å²) in [5.41, 5.74) is 0.862. The number of amides is 1. The molecule has 0 bridgehead atoms. The van der Waals surface area contributed by atoms with Gasteiger partial charge in [-0.05, 0) is 60.7 Å². The lowest BCUT2D eigenvalue weighted by atomic mass is 9.97. The van der Waals surface area contributed by atoms with Crippen molar-refractivity contribution in [2.75, 3.05) is 31.1 Å². The molecule has 1 amide bonds. The third kappa shape index (κ3) is 5.13. The number of hydrogen-bond acceptors (Lipinski definition) is 6. The molecule has 1 fully saturated rings. The molecule has 0 aliphatic carbocycles. The van der Waals surface area contributed by atoms with E-state index in [1.165, 1.54) is 12.1 Å². The van der Waals surface area contributed by atoms with Crippen molar-refractivity contribution in [3.8, 4) is 16.3 Å². The quantitative estimate of drug-likeness (QED) is 0.583. The number of aromatic nitrogens is 2. The summed E-state index contributed by atoms with van der Waals surface area (Å²) in [6, 6.07) is 13.8. The van der Waals surface area contributed by atoms with Gasteiger partial charge in [0.25, 0.3) is 0 Å². The summed E-state index contributed by atoms with van der Waals surface area (Å²) >= 11 is 1.63. The zero-order valence-corrected chi connectivity index (χ0v) is 17.3. The second-order valence-electron chi connectivity index (χ2n) is 7.13. The summed E-state index contributed by atoms with van der Waals surface area (Å²) in [7, 11) is 0. The topological polar surface area (TPSA) is 67.3 Å². The number of carbonyl (C=O) groups excluding carboxylic acids is 1. The molecule has 3 heterocycles. The van der Waals surface area contributed by atoms with Gasteiger partial charge in [-0.2, -0.15) is 0 Å². The maximum absolute atomic E-state index is 12.9. The second kappa shape index (κ2) is 9.67. The maximum atomic E-state index is 12.9. The van der Waals surface area contributed by atoms with E-state index in [0.717, 1.165) is 35.8 Å². The fraction of sp³-hybridized carbons (Fsp3) is 0.318. The molecule has 0 radical (unpaired) electrons. The first kappa shape index (κ1) is 20.3. The number of benzene rings is 1. The van der Waals surface area contributed by atoms with E-state index in [1.807, 2.05) is 29.6 Å². The van der Waals surface area contributed by atoms with Gasteiger partial charge >= 0.3 is 0 Å². The van der Waals surface area contributed by atoms with Gasteiger partial charge in [0.15, 0.2) is 5.82 Å². The van der Waals surface area contributed by atoms with Crippen molar-refractivity contribution in [3.63, 3.8) is 0 Å². The first-order chi connectivity index (χ1) is 14.7. The van der Waals surface area contributed by atoms with Gasteiger partial charge in [0.1, 0.15) is 23.9 Å². The van der Waals surface area contributed by atoms with Crippen molar-refractivity contribution in [1.29, 1.82) is 0 Å². The number of thiophene rings is 1. The Balaban J connectivity index is 1.25. The molecule has 30 heavy (non-hydrogen) atoms. The molecule has 0 saturated carbocycles. The SMILES string of the molecule is O=C(NCCOc1ccc(F)cc1)C1CCCN(c2ccc(-c3cccs3)nn2)C1. The Kier molecular flexibility index (Phi) is 6.53. The summed E-state index contributed by atoms with van der Waals surface area (Å²) < 4.78 is 18.4. The van der Waals surface area contributed by atoms with Crippen LogP contribution in [0.25, 0.3) is 10.6 Å². The smallest absolute Gasteiger partial charge is 0.225 e. The Hall–Kier alpha value is -3.00. The highest BCUT2D eigenvalue weighted by Gasteiger charge is 2.26. The van der Waals surface area contributed by atoms with E-state index in [9.17, 15) is 9.18 Å². The van der Waals surface area contributed by atoms with E-state index in [-0.39, 0.29) is 17.6 Å². The van der Waals surface area contributed by atoms with E-state index in [4.69, 9.17) is 4.74 Å². The molecule has 1 aliphatic rings. The lowest BCUT2D eigenvalue weighted by Gasteiger charge is -2.32. The fourth-order valence-corrected chi connectivity index (χ4v) is 4.16. The molecule has 3 aromatic rings. The Labute approximate surface area is 178 Å². The molecule has 1 saturated heterocycles. The van der Waals surface area contributed by atoms with Gasteiger partial charge in [0.2, 0.25) is 5.91 Å². The summed E-state index contributed by atoms with van der Waals surface area (Å²) in [4.78, 5) is 15.8. The number of hydrogen-bond donors (Lipinski definition) is 1. The summed E-state index contributed by atoms with van der Waals surface area (Å²) in [5, 5.41) is 13.7. The van der Waals surface area contributed by atoms with Crippen LogP contribution in [0.5, 0.6) is 5.75 Å². The zero-order valence-electron chi connectivity index (χ0n) is 16.5. The number of nitrogens with zero attached hydrogens (tertiary/aromatic N) is 3. The van der Waals surface area contributed by atoms with E-state index in [1.54, 1.807) is 23.5 Å². The van der Waals surface area contributed by atoms with Crippen LogP contribution in [0.15, 0.2) is 53.9 Å². The van der Waals surface area contributed by atoms with Crippen LogP contribution >= 0.6 is 11.3 Å². The van der Waals surface area contributed by atoms with Crippen LogP contribution in [0, 0.1) is 11.7 Å². The van der Waals surface area contributed by atoms with Crippen molar-refractivity contribution < 1.29 is 13.9 Å². The van der Waals surface area contributed by atoms with Crippen molar-refractivity contribution >= 4 is 23.1 Å². The normalized spacial score (nSPS) is 16.3. The maximum Gasteiger partial charge on any atom is 0.225 e. The van der Waals surface area contributed by atoms with Gasteiger partial charge in [-0.25, -0.2) is 4.39 Å². The highest BCUT2D eigenvalue weighted by molar-refractivity contribution is 7.13. The van der Waals surface area contributed by atoms with Crippen molar-refractivity contribution in [2.45, 2.75) is 12.8 Å². The Morgan fingerprint density at radius 1 is 1.20 bits per heavy atom. The molecule has 6 nitrogen and oxygen atoms in total. The Morgan fingerprint density at radius 3 is 2.80 bits per heavy atom. The summed E-state index contributed by atoms with van der Waals surface area (Å²) in [5.74, 6) is 1.00.